The Balaban J connectivity index is 2.39. The number of thiophene rings is 1. The molecule has 1 atom stereocenters. The van der Waals surface area contributed by atoms with E-state index in [2.05, 4.69) is 52.3 Å². The molecule has 2 heterocycles. The molecule has 0 bridgehead atoms. The largest absolute Gasteiger partial charge is 0.306 e. The lowest BCUT2D eigenvalue weighted by Crippen LogP contribution is -2.24. The summed E-state index contributed by atoms with van der Waals surface area (Å²) in [4.78, 5) is 0. The zero-order valence-corrected chi connectivity index (χ0v) is 12.6. The van der Waals surface area contributed by atoms with Crippen LogP contribution in [0.15, 0.2) is 22.9 Å². The van der Waals surface area contributed by atoms with Crippen LogP contribution in [0.5, 0.6) is 0 Å². The van der Waals surface area contributed by atoms with Gasteiger partial charge in [-0.2, -0.15) is 21.5 Å². The van der Waals surface area contributed by atoms with Gasteiger partial charge in [-0.3, -0.25) is 0 Å². The summed E-state index contributed by atoms with van der Waals surface area (Å²) in [6, 6.07) is 4.58. The highest BCUT2D eigenvalue weighted by Gasteiger charge is 2.18. The van der Waals surface area contributed by atoms with Crippen LogP contribution < -0.4 is 5.32 Å². The van der Waals surface area contributed by atoms with E-state index in [1.165, 1.54) is 11.1 Å². The zero-order valence-electron chi connectivity index (χ0n) is 11.8. The molecule has 0 amide bonds. The van der Waals surface area contributed by atoms with Crippen LogP contribution in [0, 0.1) is 6.92 Å². The van der Waals surface area contributed by atoms with E-state index < -0.39 is 0 Å². The molecule has 3 nitrogen and oxygen atoms in total. The molecule has 0 aliphatic heterocycles. The molecule has 0 saturated carbocycles. The van der Waals surface area contributed by atoms with Crippen LogP contribution in [0.1, 0.15) is 48.8 Å². The molecule has 0 spiro atoms. The van der Waals surface area contributed by atoms with Gasteiger partial charge in [-0.05, 0) is 60.3 Å². The van der Waals surface area contributed by atoms with Crippen molar-refractivity contribution in [2.45, 2.75) is 39.7 Å². The van der Waals surface area contributed by atoms with Gasteiger partial charge >= 0.3 is 0 Å². The molecular formula is C15H21N3S. The van der Waals surface area contributed by atoms with Gasteiger partial charge in [-0.1, -0.05) is 13.8 Å². The molecule has 4 heteroatoms. The van der Waals surface area contributed by atoms with E-state index in [0.717, 1.165) is 30.8 Å². The van der Waals surface area contributed by atoms with E-state index in [-0.39, 0.29) is 6.04 Å². The van der Waals surface area contributed by atoms with E-state index in [4.69, 9.17) is 0 Å². The topological polar surface area (TPSA) is 37.8 Å². The average molecular weight is 275 g/mol. The molecule has 0 fully saturated rings. The quantitative estimate of drug-likeness (QED) is 0.877. The van der Waals surface area contributed by atoms with E-state index in [9.17, 15) is 0 Å². The minimum absolute atomic E-state index is 0.232. The van der Waals surface area contributed by atoms with Crippen molar-refractivity contribution in [1.29, 1.82) is 0 Å². The first kappa shape index (κ1) is 14.2. The van der Waals surface area contributed by atoms with Gasteiger partial charge in [0.05, 0.1) is 17.4 Å². The third-order valence-electron chi connectivity index (χ3n) is 3.15. The average Bonchev–Trinajstić information content (AvgIpc) is 2.93. The molecule has 0 saturated heterocycles. The molecule has 0 radical (unpaired) electrons. The van der Waals surface area contributed by atoms with Crippen molar-refractivity contribution in [2.75, 3.05) is 6.54 Å². The van der Waals surface area contributed by atoms with Gasteiger partial charge in [0, 0.05) is 0 Å². The fraction of sp³-hybridized carbons (Fsp3) is 0.467. The normalized spacial score (nSPS) is 12.6. The first-order valence-electron chi connectivity index (χ1n) is 6.84. The Labute approximate surface area is 119 Å². The van der Waals surface area contributed by atoms with E-state index in [0.29, 0.717) is 0 Å². The van der Waals surface area contributed by atoms with Crippen LogP contribution >= 0.6 is 11.3 Å². The Morgan fingerprint density at radius 1 is 1.32 bits per heavy atom. The summed E-state index contributed by atoms with van der Waals surface area (Å²) in [5.41, 5.74) is 4.65. The molecule has 0 aliphatic rings. The fourth-order valence-electron chi connectivity index (χ4n) is 2.19. The van der Waals surface area contributed by atoms with Gasteiger partial charge < -0.3 is 5.32 Å². The summed E-state index contributed by atoms with van der Waals surface area (Å²) >= 11 is 1.74. The first-order chi connectivity index (χ1) is 9.26. The van der Waals surface area contributed by atoms with Crippen LogP contribution in [0.2, 0.25) is 0 Å². The molecule has 19 heavy (non-hydrogen) atoms. The van der Waals surface area contributed by atoms with Crippen LogP contribution in [0.25, 0.3) is 0 Å². The molecule has 2 rings (SSSR count). The Morgan fingerprint density at radius 3 is 2.79 bits per heavy atom. The highest BCUT2D eigenvalue weighted by molar-refractivity contribution is 7.08. The van der Waals surface area contributed by atoms with Crippen molar-refractivity contribution >= 4 is 11.3 Å². The molecule has 1 unspecified atom stereocenters. The number of aromatic nitrogens is 2. The Morgan fingerprint density at radius 2 is 2.16 bits per heavy atom. The highest BCUT2D eigenvalue weighted by Crippen LogP contribution is 2.26. The predicted molar refractivity (Wildman–Crippen MR) is 80.6 cm³/mol. The van der Waals surface area contributed by atoms with Crippen molar-refractivity contribution in [3.8, 4) is 0 Å². The molecule has 102 valence electrons. The lowest BCUT2D eigenvalue weighted by Gasteiger charge is -2.20. The summed E-state index contributed by atoms with van der Waals surface area (Å²) in [7, 11) is 0. The van der Waals surface area contributed by atoms with Gasteiger partial charge in [0.2, 0.25) is 0 Å². The summed E-state index contributed by atoms with van der Waals surface area (Å²) in [5, 5.41) is 16.5. The van der Waals surface area contributed by atoms with Crippen molar-refractivity contribution in [3.05, 3.63) is 45.4 Å². The standard InChI is InChI=1S/C15H21N3S/c1-4-7-16-15(12-6-8-19-10-12)13-9-11(3)17-18-14(13)5-2/h6,8-10,15-16H,4-5,7H2,1-3H3. The summed E-state index contributed by atoms with van der Waals surface area (Å²) in [5.74, 6) is 0. The number of nitrogens with zero attached hydrogens (tertiary/aromatic N) is 2. The number of nitrogens with one attached hydrogen (secondary N) is 1. The van der Waals surface area contributed by atoms with E-state index >= 15 is 0 Å². The Bertz CT molecular complexity index is 508. The fourth-order valence-corrected chi connectivity index (χ4v) is 2.88. The van der Waals surface area contributed by atoms with Gasteiger partial charge in [0.25, 0.3) is 0 Å². The van der Waals surface area contributed by atoms with Crippen molar-refractivity contribution in [2.24, 2.45) is 0 Å². The van der Waals surface area contributed by atoms with Gasteiger partial charge in [-0.15, -0.1) is 0 Å². The minimum atomic E-state index is 0.232. The number of hydrogen-bond donors (Lipinski definition) is 1. The SMILES string of the molecule is CCCNC(c1ccsc1)c1cc(C)nnc1CC. The Kier molecular flexibility index (Phi) is 5.05. The third-order valence-corrected chi connectivity index (χ3v) is 3.85. The lowest BCUT2D eigenvalue weighted by atomic mass is 9.98. The number of rotatable bonds is 6. The van der Waals surface area contributed by atoms with Crippen LogP contribution in [0.3, 0.4) is 0 Å². The minimum Gasteiger partial charge on any atom is -0.306 e. The summed E-state index contributed by atoms with van der Waals surface area (Å²) in [6.07, 6.45) is 2.04. The van der Waals surface area contributed by atoms with Gasteiger partial charge in [0.15, 0.2) is 0 Å². The van der Waals surface area contributed by atoms with Crippen molar-refractivity contribution in [3.63, 3.8) is 0 Å². The smallest absolute Gasteiger partial charge is 0.0679 e. The predicted octanol–water partition coefficient (Wildman–Crippen LogP) is 3.50. The second-order valence-electron chi connectivity index (χ2n) is 4.69. The maximum Gasteiger partial charge on any atom is 0.0679 e. The zero-order chi connectivity index (χ0) is 13.7. The monoisotopic (exact) mass is 275 g/mol. The second kappa shape index (κ2) is 6.78. The van der Waals surface area contributed by atoms with Crippen molar-refractivity contribution in [1.82, 2.24) is 15.5 Å². The summed E-state index contributed by atoms with van der Waals surface area (Å²) < 4.78 is 0. The highest BCUT2D eigenvalue weighted by atomic mass is 32.1. The number of aryl methyl sites for hydroxylation is 2. The third kappa shape index (κ3) is 3.39. The second-order valence-corrected chi connectivity index (χ2v) is 5.47. The molecule has 0 aromatic carbocycles. The van der Waals surface area contributed by atoms with Crippen LogP contribution in [0.4, 0.5) is 0 Å². The first-order valence-corrected chi connectivity index (χ1v) is 7.79. The molecular weight excluding hydrogens is 254 g/mol. The van der Waals surface area contributed by atoms with Crippen LogP contribution in [-0.2, 0) is 6.42 Å². The Hall–Kier alpha value is -1.26. The maximum atomic E-state index is 4.35. The van der Waals surface area contributed by atoms with Crippen LogP contribution in [-0.4, -0.2) is 16.7 Å². The van der Waals surface area contributed by atoms with Crippen molar-refractivity contribution < 1.29 is 0 Å². The maximum absolute atomic E-state index is 4.35. The summed E-state index contributed by atoms with van der Waals surface area (Å²) in [6.45, 7) is 7.33. The van der Waals surface area contributed by atoms with E-state index in [1.54, 1.807) is 11.3 Å². The lowest BCUT2D eigenvalue weighted by molar-refractivity contribution is 0.589. The molecule has 2 aromatic rings. The molecule has 1 N–H and O–H groups in total. The molecule has 2 aromatic heterocycles. The van der Waals surface area contributed by atoms with E-state index in [1.807, 2.05) is 6.92 Å². The van der Waals surface area contributed by atoms with Gasteiger partial charge in [-0.25, -0.2) is 0 Å². The van der Waals surface area contributed by atoms with Gasteiger partial charge in [0.1, 0.15) is 0 Å². The number of hydrogen-bond acceptors (Lipinski definition) is 4. The molecule has 0 aliphatic carbocycles.